The largest absolute Gasteiger partial charge is 0.467 e. The molecule has 1 saturated carbocycles. The van der Waals surface area contributed by atoms with Gasteiger partial charge in [-0.2, -0.15) is 0 Å². The number of benzene rings is 2. The number of ether oxygens (including phenoxy) is 1. The predicted molar refractivity (Wildman–Crippen MR) is 101 cm³/mol. The Balaban J connectivity index is 1.57. The zero-order valence-electron chi connectivity index (χ0n) is 15.0. The Kier molecular flexibility index (Phi) is 3.71. The second-order valence-electron chi connectivity index (χ2n) is 7.73. The van der Waals surface area contributed by atoms with E-state index in [0.717, 1.165) is 37.0 Å². The first-order valence-electron chi connectivity index (χ1n) is 9.64. The highest BCUT2D eigenvalue weighted by molar-refractivity contribution is 6.08. The maximum atomic E-state index is 13.1. The summed E-state index contributed by atoms with van der Waals surface area (Å²) in [7, 11) is 0. The van der Waals surface area contributed by atoms with Crippen LogP contribution in [0.25, 0.3) is 0 Å². The lowest BCUT2D eigenvalue weighted by atomic mass is 9.62. The van der Waals surface area contributed by atoms with Crippen LogP contribution in [-0.4, -0.2) is 17.5 Å². The molecule has 5 rings (SSSR count). The number of piperidine rings is 1. The minimum absolute atomic E-state index is 0.116. The molecule has 1 saturated heterocycles. The Bertz CT molecular complexity index is 897. The van der Waals surface area contributed by atoms with Crippen LogP contribution in [0.1, 0.15) is 37.2 Å². The normalized spacial score (nSPS) is 31.0. The fraction of sp³-hybridized carbons (Fsp3) is 0.364. The lowest BCUT2D eigenvalue weighted by Crippen LogP contribution is -2.69. The van der Waals surface area contributed by atoms with Crippen molar-refractivity contribution in [3.05, 3.63) is 60.2 Å². The number of anilines is 1. The van der Waals surface area contributed by atoms with Crippen molar-refractivity contribution >= 4 is 17.5 Å². The minimum atomic E-state index is -0.758. The van der Waals surface area contributed by atoms with Gasteiger partial charge in [0, 0.05) is 23.9 Å². The van der Waals surface area contributed by atoms with Gasteiger partial charge in [0.1, 0.15) is 11.7 Å². The third kappa shape index (κ3) is 2.52. The molecular weight excluding hydrogens is 340 g/mol. The summed E-state index contributed by atoms with van der Waals surface area (Å²) in [4.78, 5) is 26.2. The minimum Gasteiger partial charge on any atom is -0.467 e. The summed E-state index contributed by atoms with van der Waals surface area (Å²) in [6, 6.07) is 17.1. The first kappa shape index (κ1) is 16.4. The predicted octanol–water partition coefficient (Wildman–Crippen LogP) is 3.43. The van der Waals surface area contributed by atoms with Crippen molar-refractivity contribution in [2.45, 2.75) is 37.3 Å². The Morgan fingerprint density at radius 3 is 2.70 bits per heavy atom. The summed E-state index contributed by atoms with van der Waals surface area (Å²) >= 11 is 0. The van der Waals surface area contributed by atoms with Crippen LogP contribution in [0.5, 0.6) is 5.75 Å². The van der Waals surface area contributed by atoms with Crippen LogP contribution in [0.15, 0.2) is 54.6 Å². The molecule has 5 nitrogen and oxygen atoms in total. The topological polar surface area (TPSA) is 67.4 Å². The number of amides is 2. The average Bonchev–Trinajstić information content (AvgIpc) is 2.67. The highest BCUT2D eigenvalue weighted by Gasteiger charge is 2.60. The molecule has 27 heavy (non-hydrogen) atoms. The average molecular weight is 362 g/mol. The van der Waals surface area contributed by atoms with E-state index in [9.17, 15) is 9.59 Å². The molecule has 3 aliphatic rings. The van der Waals surface area contributed by atoms with E-state index in [2.05, 4.69) is 10.6 Å². The van der Waals surface area contributed by atoms with E-state index in [1.54, 1.807) is 0 Å². The quantitative estimate of drug-likeness (QED) is 0.805. The summed E-state index contributed by atoms with van der Waals surface area (Å²) < 4.78 is 6.35. The van der Waals surface area contributed by atoms with Gasteiger partial charge in [0.05, 0.1) is 0 Å². The van der Waals surface area contributed by atoms with Crippen molar-refractivity contribution in [3.63, 3.8) is 0 Å². The van der Waals surface area contributed by atoms with Crippen LogP contribution in [-0.2, 0) is 9.59 Å². The van der Waals surface area contributed by atoms with Crippen LogP contribution in [0.3, 0.4) is 0 Å². The molecule has 4 atom stereocenters. The van der Waals surface area contributed by atoms with Crippen LogP contribution in [0.2, 0.25) is 0 Å². The van der Waals surface area contributed by atoms with Crippen LogP contribution in [0, 0.1) is 11.8 Å². The van der Waals surface area contributed by atoms with Crippen molar-refractivity contribution < 1.29 is 14.3 Å². The van der Waals surface area contributed by atoms with E-state index in [0.29, 0.717) is 5.69 Å². The van der Waals surface area contributed by atoms with E-state index in [1.165, 1.54) is 0 Å². The number of rotatable bonds is 2. The highest BCUT2D eigenvalue weighted by atomic mass is 16.5. The zero-order chi connectivity index (χ0) is 18.4. The second kappa shape index (κ2) is 6.12. The summed E-state index contributed by atoms with van der Waals surface area (Å²) in [6.45, 7) is 0. The standard InChI is InChI=1S/C22H22N2O3/c25-20(23-14-8-2-1-3-9-14)19-18-15-10-4-5-12-17(15)27-22(24-21(19)26)13-7-6-11-16(18)22/h1-5,8-10,12,16,18-19H,6-7,11,13H2,(H,23,25)(H,24,26)/t16-,18+,19+,22-/m1/s1. The Labute approximate surface area is 158 Å². The van der Waals surface area contributed by atoms with Gasteiger partial charge in [-0.15, -0.1) is 0 Å². The molecule has 2 aromatic carbocycles. The van der Waals surface area contributed by atoms with E-state index in [-0.39, 0.29) is 23.7 Å². The first-order valence-corrected chi connectivity index (χ1v) is 9.64. The third-order valence-electron chi connectivity index (χ3n) is 6.22. The Hall–Kier alpha value is -2.82. The molecule has 2 N–H and O–H groups in total. The van der Waals surface area contributed by atoms with Crippen LogP contribution < -0.4 is 15.4 Å². The number of fused-ring (bicyclic) bond motifs is 2. The zero-order valence-corrected chi connectivity index (χ0v) is 15.0. The summed E-state index contributed by atoms with van der Waals surface area (Å²) in [5.41, 5.74) is 1.01. The lowest BCUT2D eigenvalue weighted by molar-refractivity contribution is -0.160. The molecule has 2 aliphatic heterocycles. The molecule has 0 unspecified atom stereocenters. The molecule has 2 heterocycles. The third-order valence-corrected chi connectivity index (χ3v) is 6.22. The molecule has 2 amide bonds. The van der Waals surface area contributed by atoms with E-state index in [4.69, 9.17) is 4.74 Å². The number of nitrogens with one attached hydrogen (secondary N) is 2. The summed E-state index contributed by atoms with van der Waals surface area (Å²) in [5.74, 6) is -0.497. The lowest BCUT2D eigenvalue weighted by Gasteiger charge is -2.55. The van der Waals surface area contributed by atoms with Crippen molar-refractivity contribution in [1.29, 1.82) is 0 Å². The number of hydrogen-bond donors (Lipinski definition) is 2. The SMILES string of the molecule is O=C(Nc1ccccc1)[C@H]1C(=O)N[C@@]23CCCC[C@@H]2[C@@H]1c1ccccc1O3. The fourth-order valence-electron chi connectivity index (χ4n) is 5.09. The maximum Gasteiger partial charge on any atom is 0.237 e. The van der Waals surface area contributed by atoms with Crippen molar-refractivity contribution in [3.8, 4) is 5.75 Å². The van der Waals surface area contributed by atoms with Gasteiger partial charge in [0.25, 0.3) is 0 Å². The molecule has 0 radical (unpaired) electrons. The number of hydrogen-bond acceptors (Lipinski definition) is 3. The number of carbonyl (C=O) groups is 2. The molecular formula is C22H22N2O3. The number of carbonyl (C=O) groups excluding carboxylic acids is 2. The van der Waals surface area contributed by atoms with Crippen LogP contribution >= 0.6 is 0 Å². The number of para-hydroxylation sites is 2. The molecule has 2 aromatic rings. The Morgan fingerprint density at radius 2 is 1.85 bits per heavy atom. The van der Waals surface area contributed by atoms with Gasteiger partial charge >= 0.3 is 0 Å². The van der Waals surface area contributed by atoms with E-state index >= 15 is 0 Å². The molecule has 2 bridgehead atoms. The smallest absolute Gasteiger partial charge is 0.237 e. The summed E-state index contributed by atoms with van der Waals surface area (Å²) in [6.07, 6.45) is 3.86. The van der Waals surface area contributed by atoms with Gasteiger partial charge in [-0.25, -0.2) is 0 Å². The molecule has 0 aromatic heterocycles. The first-order chi connectivity index (χ1) is 13.2. The second-order valence-corrected chi connectivity index (χ2v) is 7.73. The van der Waals surface area contributed by atoms with Gasteiger partial charge in [-0.1, -0.05) is 42.8 Å². The van der Waals surface area contributed by atoms with Crippen molar-refractivity contribution in [2.75, 3.05) is 5.32 Å². The maximum absolute atomic E-state index is 13.1. The highest BCUT2D eigenvalue weighted by Crippen LogP contribution is 2.55. The van der Waals surface area contributed by atoms with Gasteiger partial charge in [-0.05, 0) is 36.6 Å². The monoisotopic (exact) mass is 362 g/mol. The Morgan fingerprint density at radius 1 is 1.07 bits per heavy atom. The van der Waals surface area contributed by atoms with Gasteiger partial charge in [0.2, 0.25) is 11.8 Å². The molecule has 5 heteroatoms. The van der Waals surface area contributed by atoms with E-state index in [1.807, 2.05) is 54.6 Å². The van der Waals surface area contributed by atoms with Gasteiger partial charge in [-0.3, -0.25) is 9.59 Å². The van der Waals surface area contributed by atoms with Gasteiger partial charge in [0.15, 0.2) is 5.72 Å². The molecule has 0 spiro atoms. The van der Waals surface area contributed by atoms with Crippen LogP contribution in [0.4, 0.5) is 5.69 Å². The van der Waals surface area contributed by atoms with Crippen molar-refractivity contribution in [2.24, 2.45) is 11.8 Å². The molecule has 2 fully saturated rings. The summed E-state index contributed by atoms with van der Waals surface area (Å²) in [5, 5.41) is 6.03. The fourth-order valence-corrected chi connectivity index (χ4v) is 5.09. The molecule has 138 valence electrons. The van der Waals surface area contributed by atoms with Crippen molar-refractivity contribution in [1.82, 2.24) is 5.32 Å². The van der Waals surface area contributed by atoms with Gasteiger partial charge < -0.3 is 15.4 Å². The molecule has 1 aliphatic carbocycles. The van der Waals surface area contributed by atoms with E-state index < -0.39 is 11.6 Å².